The summed E-state index contributed by atoms with van der Waals surface area (Å²) in [4.78, 5) is 9.70. The van der Waals surface area contributed by atoms with Crippen molar-refractivity contribution in [1.82, 2.24) is 14.8 Å². The first-order valence-electron chi connectivity index (χ1n) is 5.71. The van der Waals surface area contributed by atoms with Gasteiger partial charge in [-0.15, -0.1) is 10.2 Å². The molecule has 0 fully saturated rings. The maximum Gasteiger partial charge on any atom is 0.418 e. The number of benzene rings is 1. The second-order valence-electron chi connectivity index (χ2n) is 4.20. The number of non-ortho nitro benzene ring substituents is 1. The fourth-order valence-electron chi connectivity index (χ4n) is 1.68. The highest BCUT2D eigenvalue weighted by molar-refractivity contribution is 5.57. The first-order valence-corrected chi connectivity index (χ1v) is 5.71. The van der Waals surface area contributed by atoms with Crippen LogP contribution in [-0.2, 0) is 19.8 Å². The number of rotatable bonds is 4. The molecule has 0 saturated heterocycles. The van der Waals surface area contributed by atoms with Crippen LogP contribution in [0.2, 0.25) is 0 Å². The molecule has 0 aliphatic heterocycles. The number of hydrogen-bond donors (Lipinski definition) is 1. The summed E-state index contributed by atoms with van der Waals surface area (Å²) >= 11 is 0. The van der Waals surface area contributed by atoms with E-state index in [0.717, 1.165) is 12.1 Å². The molecule has 112 valence electrons. The molecule has 0 spiro atoms. The fraction of sp³-hybridized carbons (Fsp3) is 0.273. The first-order chi connectivity index (χ1) is 9.79. The third kappa shape index (κ3) is 3.27. The molecular formula is C11H10F3N5O2. The minimum Gasteiger partial charge on any atom is -0.377 e. The summed E-state index contributed by atoms with van der Waals surface area (Å²) in [5.74, 6) is 0.432. The Kier molecular flexibility index (Phi) is 3.78. The van der Waals surface area contributed by atoms with Crippen molar-refractivity contribution in [3.63, 3.8) is 0 Å². The Labute approximate surface area is 116 Å². The molecule has 0 aliphatic carbocycles. The fourth-order valence-corrected chi connectivity index (χ4v) is 1.68. The largest absolute Gasteiger partial charge is 0.418 e. The number of halogens is 3. The molecule has 1 aromatic heterocycles. The normalized spacial score (nSPS) is 11.4. The highest BCUT2D eigenvalue weighted by Gasteiger charge is 2.35. The summed E-state index contributed by atoms with van der Waals surface area (Å²) in [7, 11) is 1.65. The van der Waals surface area contributed by atoms with Gasteiger partial charge < -0.3 is 9.88 Å². The van der Waals surface area contributed by atoms with Gasteiger partial charge in [0.05, 0.1) is 17.0 Å². The van der Waals surface area contributed by atoms with Gasteiger partial charge in [-0.25, -0.2) is 0 Å². The quantitative estimate of drug-likeness (QED) is 0.692. The van der Waals surface area contributed by atoms with Crippen molar-refractivity contribution in [2.45, 2.75) is 12.7 Å². The zero-order chi connectivity index (χ0) is 15.6. The predicted molar refractivity (Wildman–Crippen MR) is 66.4 cm³/mol. The van der Waals surface area contributed by atoms with E-state index in [4.69, 9.17) is 0 Å². The van der Waals surface area contributed by atoms with Crippen molar-refractivity contribution in [3.8, 4) is 0 Å². The standard InChI is InChI=1S/C11H10F3N5O2/c1-18-6-16-17-10(18)5-15-9-3-2-7(19(20)21)4-8(9)11(12,13)14/h2-4,6,15H,5H2,1H3. The van der Waals surface area contributed by atoms with Crippen LogP contribution in [0.5, 0.6) is 0 Å². The summed E-state index contributed by atoms with van der Waals surface area (Å²) in [6.07, 6.45) is -3.29. The summed E-state index contributed by atoms with van der Waals surface area (Å²) in [6, 6.07) is 2.53. The van der Waals surface area contributed by atoms with E-state index in [1.807, 2.05) is 0 Å². The maximum absolute atomic E-state index is 12.9. The zero-order valence-corrected chi connectivity index (χ0v) is 10.8. The first kappa shape index (κ1) is 14.8. The van der Waals surface area contributed by atoms with Crippen LogP contribution >= 0.6 is 0 Å². The third-order valence-electron chi connectivity index (χ3n) is 2.76. The molecular weight excluding hydrogens is 291 g/mol. The van der Waals surface area contributed by atoms with E-state index in [1.54, 1.807) is 11.6 Å². The van der Waals surface area contributed by atoms with Crippen molar-refractivity contribution in [3.05, 3.63) is 46.0 Å². The summed E-state index contributed by atoms with van der Waals surface area (Å²) < 4.78 is 40.4. The number of hydrogen-bond acceptors (Lipinski definition) is 5. The summed E-state index contributed by atoms with van der Waals surface area (Å²) in [6.45, 7) is 0.0113. The molecule has 0 aliphatic rings. The maximum atomic E-state index is 12.9. The molecule has 1 aromatic carbocycles. The highest BCUT2D eigenvalue weighted by atomic mass is 19.4. The number of aryl methyl sites for hydroxylation is 1. The smallest absolute Gasteiger partial charge is 0.377 e. The molecule has 2 rings (SSSR count). The van der Waals surface area contributed by atoms with Crippen LogP contribution in [0.3, 0.4) is 0 Å². The number of anilines is 1. The third-order valence-corrected chi connectivity index (χ3v) is 2.76. The van der Waals surface area contributed by atoms with Gasteiger partial charge in [0, 0.05) is 24.9 Å². The molecule has 10 heteroatoms. The summed E-state index contributed by atoms with van der Waals surface area (Å²) in [5.41, 5.74) is -1.97. The SMILES string of the molecule is Cn1cnnc1CNc1ccc([N+](=O)[O-])cc1C(F)(F)F. The van der Waals surface area contributed by atoms with Gasteiger partial charge in [0.1, 0.15) is 6.33 Å². The minimum atomic E-state index is -4.70. The van der Waals surface area contributed by atoms with Crippen molar-refractivity contribution in [2.75, 3.05) is 5.32 Å². The lowest BCUT2D eigenvalue weighted by Gasteiger charge is -2.14. The van der Waals surface area contributed by atoms with Crippen LogP contribution in [0.15, 0.2) is 24.5 Å². The second-order valence-corrected chi connectivity index (χ2v) is 4.20. The van der Waals surface area contributed by atoms with Gasteiger partial charge in [0.2, 0.25) is 0 Å². The number of alkyl halides is 3. The van der Waals surface area contributed by atoms with E-state index >= 15 is 0 Å². The van der Waals surface area contributed by atoms with Crippen molar-refractivity contribution in [2.24, 2.45) is 7.05 Å². The molecule has 7 nitrogen and oxygen atoms in total. The molecule has 1 heterocycles. The van der Waals surface area contributed by atoms with E-state index in [2.05, 4.69) is 15.5 Å². The van der Waals surface area contributed by atoms with E-state index in [-0.39, 0.29) is 12.2 Å². The van der Waals surface area contributed by atoms with E-state index in [9.17, 15) is 23.3 Å². The van der Waals surface area contributed by atoms with Gasteiger partial charge in [-0.1, -0.05) is 0 Å². The van der Waals surface area contributed by atoms with Gasteiger partial charge >= 0.3 is 6.18 Å². The van der Waals surface area contributed by atoms with Crippen LogP contribution in [0.4, 0.5) is 24.5 Å². The van der Waals surface area contributed by atoms with Crippen LogP contribution in [0, 0.1) is 10.1 Å². The zero-order valence-electron chi connectivity index (χ0n) is 10.8. The van der Waals surface area contributed by atoms with Crippen LogP contribution < -0.4 is 5.32 Å². The van der Waals surface area contributed by atoms with Gasteiger partial charge in [0.15, 0.2) is 5.82 Å². The Morgan fingerprint density at radius 3 is 2.67 bits per heavy atom. The van der Waals surface area contributed by atoms with Crippen molar-refractivity contribution < 1.29 is 18.1 Å². The molecule has 21 heavy (non-hydrogen) atoms. The van der Waals surface area contributed by atoms with Gasteiger partial charge in [-0.2, -0.15) is 13.2 Å². The second kappa shape index (κ2) is 5.38. The number of aromatic nitrogens is 3. The Morgan fingerprint density at radius 2 is 2.14 bits per heavy atom. The van der Waals surface area contributed by atoms with Crippen molar-refractivity contribution in [1.29, 1.82) is 0 Å². The molecule has 0 bridgehead atoms. The van der Waals surface area contributed by atoms with E-state index in [1.165, 1.54) is 6.33 Å². The highest BCUT2D eigenvalue weighted by Crippen LogP contribution is 2.37. The van der Waals surface area contributed by atoms with Gasteiger partial charge in [-0.05, 0) is 6.07 Å². The lowest BCUT2D eigenvalue weighted by atomic mass is 10.1. The topological polar surface area (TPSA) is 85.9 Å². The number of nitro benzene ring substituents is 1. The Hall–Kier alpha value is -2.65. The van der Waals surface area contributed by atoms with Gasteiger partial charge in [0.25, 0.3) is 5.69 Å². The van der Waals surface area contributed by atoms with Gasteiger partial charge in [-0.3, -0.25) is 10.1 Å². The predicted octanol–water partition coefficient (Wildman–Crippen LogP) is 2.35. The molecule has 2 aromatic rings. The molecule has 0 unspecified atom stereocenters. The van der Waals surface area contributed by atoms with Crippen LogP contribution in [0.25, 0.3) is 0 Å². The van der Waals surface area contributed by atoms with E-state index in [0.29, 0.717) is 11.9 Å². The number of nitrogens with zero attached hydrogens (tertiary/aromatic N) is 4. The lowest BCUT2D eigenvalue weighted by molar-refractivity contribution is -0.385. The number of nitro groups is 1. The Balaban J connectivity index is 2.30. The Bertz CT molecular complexity index is 668. The van der Waals surface area contributed by atoms with Crippen molar-refractivity contribution >= 4 is 11.4 Å². The van der Waals surface area contributed by atoms with Crippen LogP contribution in [0.1, 0.15) is 11.4 Å². The average molecular weight is 301 g/mol. The molecule has 1 N–H and O–H groups in total. The number of nitrogens with one attached hydrogen (secondary N) is 1. The molecule has 0 saturated carbocycles. The molecule has 0 atom stereocenters. The average Bonchev–Trinajstić information content (AvgIpc) is 2.80. The lowest BCUT2D eigenvalue weighted by Crippen LogP contribution is -2.13. The molecule has 0 amide bonds. The Morgan fingerprint density at radius 1 is 1.43 bits per heavy atom. The minimum absolute atomic E-state index is 0.0113. The summed E-state index contributed by atoms with van der Waals surface area (Å²) in [5, 5.41) is 20.5. The molecule has 0 radical (unpaired) electrons. The monoisotopic (exact) mass is 301 g/mol. The van der Waals surface area contributed by atoms with Crippen LogP contribution in [-0.4, -0.2) is 19.7 Å². The van der Waals surface area contributed by atoms with E-state index < -0.39 is 22.4 Å².